The number of ether oxygens (including phenoxy) is 1. The Balaban J connectivity index is 1.42. The van der Waals surface area contributed by atoms with E-state index in [4.69, 9.17) is 9.26 Å². The lowest BCUT2D eigenvalue weighted by atomic mass is 9.96. The number of piperidine rings is 1. The van der Waals surface area contributed by atoms with Crippen LogP contribution in [0.3, 0.4) is 0 Å². The van der Waals surface area contributed by atoms with Crippen molar-refractivity contribution in [2.45, 2.75) is 25.2 Å². The van der Waals surface area contributed by atoms with E-state index in [1.807, 2.05) is 0 Å². The van der Waals surface area contributed by atoms with Gasteiger partial charge in [0.2, 0.25) is 11.7 Å². The molecule has 6 heteroatoms. The van der Waals surface area contributed by atoms with Crippen molar-refractivity contribution in [2.75, 3.05) is 32.8 Å². The lowest BCUT2D eigenvalue weighted by Crippen LogP contribution is -2.38. The monoisotopic (exact) mass is 331 g/mol. The van der Waals surface area contributed by atoms with Crippen LogP contribution in [0.4, 0.5) is 4.39 Å². The number of hydrogen-bond donors (Lipinski definition) is 0. The van der Waals surface area contributed by atoms with Crippen LogP contribution in [0.5, 0.6) is 0 Å². The molecule has 2 aliphatic rings. The van der Waals surface area contributed by atoms with Crippen molar-refractivity contribution in [1.29, 1.82) is 0 Å². The van der Waals surface area contributed by atoms with E-state index in [0.717, 1.165) is 57.7 Å². The highest BCUT2D eigenvalue weighted by Gasteiger charge is 2.28. The summed E-state index contributed by atoms with van der Waals surface area (Å²) in [5.74, 6) is 1.90. The first-order chi connectivity index (χ1) is 11.8. The molecule has 24 heavy (non-hydrogen) atoms. The molecule has 2 aliphatic heterocycles. The maximum absolute atomic E-state index is 13.0. The summed E-state index contributed by atoms with van der Waals surface area (Å²) in [5, 5.41) is 4.07. The first-order valence-electron chi connectivity index (χ1n) is 8.67. The molecule has 0 aliphatic carbocycles. The van der Waals surface area contributed by atoms with E-state index in [1.54, 1.807) is 12.1 Å². The van der Waals surface area contributed by atoms with E-state index in [1.165, 1.54) is 12.1 Å². The predicted molar refractivity (Wildman–Crippen MR) is 87.0 cm³/mol. The summed E-state index contributed by atoms with van der Waals surface area (Å²) in [5.41, 5.74) is 0.780. The summed E-state index contributed by atoms with van der Waals surface area (Å²) in [6, 6.07) is 6.18. The molecule has 1 aromatic heterocycles. The van der Waals surface area contributed by atoms with E-state index >= 15 is 0 Å². The van der Waals surface area contributed by atoms with Crippen LogP contribution in [0.15, 0.2) is 28.8 Å². The maximum Gasteiger partial charge on any atom is 0.231 e. The van der Waals surface area contributed by atoms with Gasteiger partial charge in [-0.15, -0.1) is 0 Å². The Labute approximate surface area is 140 Å². The van der Waals surface area contributed by atoms with Gasteiger partial charge in [-0.1, -0.05) is 5.16 Å². The number of aromatic nitrogens is 2. The Bertz CT molecular complexity index is 667. The SMILES string of the molecule is Fc1ccc(-c2noc([C@@H]3CCCN(C[C@@H]4CCOC4)C3)n2)cc1. The molecule has 0 saturated carbocycles. The summed E-state index contributed by atoms with van der Waals surface area (Å²) in [6.45, 7) is 4.96. The molecular weight excluding hydrogens is 309 g/mol. The van der Waals surface area contributed by atoms with Crippen LogP contribution in [0.25, 0.3) is 11.4 Å². The highest BCUT2D eigenvalue weighted by Crippen LogP contribution is 2.28. The Morgan fingerprint density at radius 2 is 2.08 bits per heavy atom. The number of rotatable bonds is 4. The molecule has 4 rings (SSSR count). The molecule has 2 fully saturated rings. The zero-order chi connectivity index (χ0) is 16.4. The zero-order valence-corrected chi connectivity index (χ0v) is 13.7. The first-order valence-corrected chi connectivity index (χ1v) is 8.67. The van der Waals surface area contributed by atoms with Gasteiger partial charge in [0, 0.05) is 25.3 Å². The van der Waals surface area contributed by atoms with E-state index < -0.39 is 0 Å². The fraction of sp³-hybridized carbons (Fsp3) is 0.556. The molecule has 2 atom stereocenters. The number of hydrogen-bond acceptors (Lipinski definition) is 5. The van der Waals surface area contributed by atoms with Crippen LogP contribution in [-0.4, -0.2) is 47.9 Å². The molecule has 128 valence electrons. The average Bonchev–Trinajstić information content (AvgIpc) is 3.28. The minimum atomic E-state index is -0.263. The minimum Gasteiger partial charge on any atom is -0.381 e. The van der Waals surface area contributed by atoms with Gasteiger partial charge in [-0.25, -0.2) is 4.39 Å². The number of halogens is 1. The molecule has 0 unspecified atom stereocenters. The summed E-state index contributed by atoms with van der Waals surface area (Å²) >= 11 is 0. The Hall–Kier alpha value is -1.79. The van der Waals surface area contributed by atoms with Gasteiger partial charge in [0.25, 0.3) is 0 Å². The van der Waals surface area contributed by atoms with Crippen molar-refractivity contribution in [2.24, 2.45) is 5.92 Å². The predicted octanol–water partition coefficient (Wildman–Crippen LogP) is 3.09. The van der Waals surface area contributed by atoms with Crippen LogP contribution < -0.4 is 0 Å². The number of likely N-dealkylation sites (tertiary alicyclic amines) is 1. The van der Waals surface area contributed by atoms with Crippen molar-refractivity contribution >= 4 is 0 Å². The molecule has 3 heterocycles. The second kappa shape index (κ2) is 6.99. The van der Waals surface area contributed by atoms with Gasteiger partial charge < -0.3 is 14.2 Å². The highest BCUT2D eigenvalue weighted by atomic mass is 19.1. The van der Waals surface area contributed by atoms with Crippen molar-refractivity contribution in [3.8, 4) is 11.4 Å². The Kier molecular flexibility index (Phi) is 4.58. The van der Waals surface area contributed by atoms with Crippen LogP contribution >= 0.6 is 0 Å². The summed E-state index contributed by atoms with van der Waals surface area (Å²) < 4.78 is 24.0. The lowest BCUT2D eigenvalue weighted by Gasteiger charge is -2.32. The van der Waals surface area contributed by atoms with Crippen molar-refractivity contribution in [1.82, 2.24) is 15.0 Å². The number of benzene rings is 1. The molecule has 0 spiro atoms. The normalized spacial score (nSPS) is 25.2. The highest BCUT2D eigenvalue weighted by molar-refractivity contribution is 5.53. The average molecular weight is 331 g/mol. The summed E-state index contributed by atoms with van der Waals surface area (Å²) in [7, 11) is 0. The molecule has 0 amide bonds. The van der Waals surface area contributed by atoms with Gasteiger partial charge >= 0.3 is 0 Å². The van der Waals surface area contributed by atoms with Gasteiger partial charge in [0.05, 0.1) is 12.5 Å². The Morgan fingerprint density at radius 3 is 2.88 bits per heavy atom. The quantitative estimate of drug-likeness (QED) is 0.862. The smallest absolute Gasteiger partial charge is 0.231 e. The van der Waals surface area contributed by atoms with Gasteiger partial charge in [0.15, 0.2) is 0 Å². The topological polar surface area (TPSA) is 51.4 Å². The van der Waals surface area contributed by atoms with Crippen molar-refractivity contribution in [3.63, 3.8) is 0 Å². The zero-order valence-electron chi connectivity index (χ0n) is 13.7. The molecule has 2 saturated heterocycles. The van der Waals surface area contributed by atoms with E-state index in [0.29, 0.717) is 17.6 Å². The third kappa shape index (κ3) is 3.49. The third-order valence-electron chi connectivity index (χ3n) is 4.94. The van der Waals surface area contributed by atoms with Gasteiger partial charge in [-0.05, 0) is 56.0 Å². The van der Waals surface area contributed by atoms with Crippen LogP contribution in [0.2, 0.25) is 0 Å². The third-order valence-corrected chi connectivity index (χ3v) is 4.94. The van der Waals surface area contributed by atoms with E-state index in [9.17, 15) is 4.39 Å². The summed E-state index contributed by atoms with van der Waals surface area (Å²) in [6.07, 6.45) is 3.38. The van der Waals surface area contributed by atoms with Crippen molar-refractivity contribution < 1.29 is 13.7 Å². The van der Waals surface area contributed by atoms with Gasteiger partial charge in [0.1, 0.15) is 5.82 Å². The second-order valence-electron chi connectivity index (χ2n) is 6.79. The van der Waals surface area contributed by atoms with Crippen LogP contribution in [0.1, 0.15) is 31.1 Å². The fourth-order valence-electron chi connectivity index (χ4n) is 3.63. The minimum absolute atomic E-state index is 0.263. The molecule has 0 N–H and O–H groups in total. The molecule has 0 bridgehead atoms. The second-order valence-corrected chi connectivity index (χ2v) is 6.79. The Morgan fingerprint density at radius 1 is 1.21 bits per heavy atom. The van der Waals surface area contributed by atoms with E-state index in [-0.39, 0.29) is 11.7 Å². The lowest BCUT2D eigenvalue weighted by molar-refractivity contribution is 0.143. The van der Waals surface area contributed by atoms with E-state index in [2.05, 4.69) is 15.0 Å². The molecule has 1 aromatic carbocycles. The maximum atomic E-state index is 13.0. The molecule has 2 aromatic rings. The standard InChI is InChI=1S/C18H22FN3O2/c19-16-5-3-14(4-6-16)17-20-18(24-21-17)15-2-1-8-22(11-15)10-13-7-9-23-12-13/h3-6,13,15H,1-2,7-12H2/t13-,15+/m0/s1. The van der Waals surface area contributed by atoms with Gasteiger partial charge in [-0.3, -0.25) is 0 Å². The largest absolute Gasteiger partial charge is 0.381 e. The fourth-order valence-corrected chi connectivity index (χ4v) is 3.63. The molecule has 0 radical (unpaired) electrons. The molecular formula is C18H22FN3O2. The first kappa shape index (κ1) is 15.7. The van der Waals surface area contributed by atoms with Gasteiger partial charge in [-0.2, -0.15) is 4.98 Å². The summed E-state index contributed by atoms with van der Waals surface area (Å²) in [4.78, 5) is 7.04. The van der Waals surface area contributed by atoms with Crippen LogP contribution in [0, 0.1) is 11.7 Å². The van der Waals surface area contributed by atoms with Crippen molar-refractivity contribution in [3.05, 3.63) is 36.0 Å². The van der Waals surface area contributed by atoms with Crippen LogP contribution in [-0.2, 0) is 4.74 Å². The number of nitrogens with zero attached hydrogens (tertiary/aromatic N) is 3. The molecule has 5 nitrogen and oxygen atoms in total.